The molecule has 0 amide bonds. The highest BCUT2D eigenvalue weighted by Gasteiger charge is 2.17. The van der Waals surface area contributed by atoms with Crippen LogP contribution >= 0.6 is 15.9 Å². The number of nitrogens with zero attached hydrogens (tertiary/aromatic N) is 2. The van der Waals surface area contributed by atoms with E-state index in [0.717, 1.165) is 16.1 Å². The molecule has 2 aromatic carbocycles. The zero-order valence-corrected chi connectivity index (χ0v) is 15.0. The Morgan fingerprint density at radius 3 is 2.50 bits per heavy atom. The molecule has 0 fully saturated rings. The lowest BCUT2D eigenvalue weighted by Gasteiger charge is -2.13. The van der Waals surface area contributed by atoms with Gasteiger partial charge >= 0.3 is 0 Å². The fraction of sp³-hybridized carbons (Fsp3) is 0.0625. The summed E-state index contributed by atoms with van der Waals surface area (Å²) in [5, 5.41) is 4.10. The molecule has 3 aromatic rings. The molecule has 0 aliphatic heterocycles. The van der Waals surface area contributed by atoms with Crippen molar-refractivity contribution < 1.29 is 12.8 Å². The quantitative estimate of drug-likeness (QED) is 0.710. The number of hydrogen-bond acceptors (Lipinski definition) is 3. The number of benzene rings is 2. The first kappa shape index (κ1) is 16.7. The molecule has 1 heterocycles. The van der Waals surface area contributed by atoms with Gasteiger partial charge in [-0.3, -0.25) is 4.72 Å². The van der Waals surface area contributed by atoms with Crippen molar-refractivity contribution in [3.8, 4) is 5.69 Å². The second-order valence-electron chi connectivity index (χ2n) is 5.18. The lowest BCUT2D eigenvalue weighted by molar-refractivity contribution is 0.601. The molecule has 0 radical (unpaired) electrons. The maximum atomic E-state index is 13.6. The monoisotopic (exact) mass is 409 g/mol. The van der Waals surface area contributed by atoms with E-state index in [1.165, 1.54) is 28.9 Å². The molecule has 5 nitrogen and oxygen atoms in total. The minimum absolute atomic E-state index is 0.102. The van der Waals surface area contributed by atoms with E-state index in [1.807, 2.05) is 6.92 Å². The Balaban J connectivity index is 2.03. The van der Waals surface area contributed by atoms with E-state index in [-0.39, 0.29) is 10.6 Å². The van der Waals surface area contributed by atoms with Crippen molar-refractivity contribution in [2.24, 2.45) is 0 Å². The SMILES string of the molecule is Cc1ccc(S(=O)(=O)Nc2cc(F)ccc2-n2cc(Br)cn2)cc1. The fourth-order valence-corrected chi connectivity index (χ4v) is 3.49. The van der Waals surface area contributed by atoms with Crippen LogP contribution in [-0.2, 0) is 10.0 Å². The Morgan fingerprint density at radius 1 is 1.17 bits per heavy atom. The van der Waals surface area contributed by atoms with Gasteiger partial charge in [0.25, 0.3) is 10.0 Å². The molecule has 0 atom stereocenters. The molecule has 1 N–H and O–H groups in total. The standard InChI is InChI=1S/C16H13BrFN3O2S/c1-11-2-5-14(6-3-11)24(22,23)20-15-8-13(18)4-7-16(15)21-10-12(17)9-19-21/h2-10,20H,1H3. The van der Waals surface area contributed by atoms with Gasteiger partial charge in [0.05, 0.1) is 26.9 Å². The second-order valence-corrected chi connectivity index (χ2v) is 7.78. The Labute approximate surface area is 147 Å². The van der Waals surface area contributed by atoms with Gasteiger partial charge in [0, 0.05) is 12.3 Å². The molecule has 8 heteroatoms. The largest absolute Gasteiger partial charge is 0.277 e. The summed E-state index contributed by atoms with van der Waals surface area (Å²) in [6.45, 7) is 1.87. The maximum absolute atomic E-state index is 13.6. The average Bonchev–Trinajstić information content (AvgIpc) is 2.94. The van der Waals surface area contributed by atoms with Crippen LogP contribution in [0.25, 0.3) is 5.69 Å². The van der Waals surface area contributed by atoms with E-state index in [9.17, 15) is 12.8 Å². The van der Waals surface area contributed by atoms with Crippen LogP contribution < -0.4 is 4.72 Å². The minimum atomic E-state index is -3.84. The Hall–Kier alpha value is -2.19. The van der Waals surface area contributed by atoms with Crippen molar-refractivity contribution >= 4 is 31.6 Å². The topological polar surface area (TPSA) is 64.0 Å². The normalized spacial score (nSPS) is 11.5. The van der Waals surface area contributed by atoms with Crippen LogP contribution in [0.2, 0.25) is 0 Å². The molecule has 124 valence electrons. The molecule has 0 saturated heterocycles. The number of aromatic nitrogens is 2. The summed E-state index contributed by atoms with van der Waals surface area (Å²) in [7, 11) is -3.84. The number of anilines is 1. The van der Waals surface area contributed by atoms with E-state index >= 15 is 0 Å². The predicted molar refractivity (Wildman–Crippen MR) is 93.2 cm³/mol. The van der Waals surface area contributed by atoms with Crippen LogP contribution in [0.4, 0.5) is 10.1 Å². The highest BCUT2D eigenvalue weighted by molar-refractivity contribution is 9.10. The van der Waals surface area contributed by atoms with Gasteiger partial charge in [-0.2, -0.15) is 5.10 Å². The second kappa shape index (κ2) is 6.37. The first-order valence-electron chi connectivity index (χ1n) is 6.95. The van der Waals surface area contributed by atoms with Gasteiger partial charge in [-0.15, -0.1) is 0 Å². The Morgan fingerprint density at radius 2 is 1.88 bits per heavy atom. The molecule has 0 aliphatic carbocycles. The Kier molecular flexibility index (Phi) is 4.42. The van der Waals surface area contributed by atoms with Gasteiger partial charge in [0.15, 0.2) is 0 Å². The molecule has 0 saturated carbocycles. The lowest BCUT2D eigenvalue weighted by atomic mass is 10.2. The molecule has 0 aliphatic rings. The molecular formula is C16H13BrFN3O2S. The summed E-state index contributed by atoms with van der Waals surface area (Å²) in [6, 6.07) is 10.2. The maximum Gasteiger partial charge on any atom is 0.261 e. The summed E-state index contributed by atoms with van der Waals surface area (Å²) in [5.74, 6) is -0.549. The van der Waals surface area contributed by atoms with Crippen LogP contribution in [0.5, 0.6) is 0 Å². The van der Waals surface area contributed by atoms with Crippen LogP contribution in [0, 0.1) is 12.7 Å². The number of sulfonamides is 1. The van der Waals surface area contributed by atoms with Crippen LogP contribution in [0.3, 0.4) is 0 Å². The van der Waals surface area contributed by atoms with E-state index in [1.54, 1.807) is 24.5 Å². The Bertz CT molecular complexity index is 985. The third-order valence-corrected chi connectivity index (χ3v) is 5.12. The third-order valence-electron chi connectivity index (χ3n) is 3.33. The number of nitrogens with one attached hydrogen (secondary N) is 1. The number of rotatable bonds is 4. The summed E-state index contributed by atoms with van der Waals surface area (Å²) in [5.41, 5.74) is 1.46. The molecular weight excluding hydrogens is 397 g/mol. The third kappa shape index (κ3) is 3.49. The number of halogens is 2. The van der Waals surface area contributed by atoms with Gasteiger partial charge in [-0.1, -0.05) is 17.7 Å². The molecule has 0 unspecified atom stereocenters. The fourth-order valence-electron chi connectivity index (χ4n) is 2.14. The van der Waals surface area contributed by atoms with Gasteiger partial charge in [-0.25, -0.2) is 17.5 Å². The molecule has 24 heavy (non-hydrogen) atoms. The van der Waals surface area contributed by atoms with Crippen molar-refractivity contribution in [1.82, 2.24) is 9.78 Å². The van der Waals surface area contributed by atoms with E-state index in [4.69, 9.17) is 0 Å². The average molecular weight is 410 g/mol. The number of aryl methyl sites for hydroxylation is 1. The van der Waals surface area contributed by atoms with Crippen molar-refractivity contribution in [2.45, 2.75) is 11.8 Å². The van der Waals surface area contributed by atoms with Crippen molar-refractivity contribution in [3.05, 3.63) is 70.7 Å². The van der Waals surface area contributed by atoms with Gasteiger partial charge in [-0.05, 0) is 47.1 Å². The van der Waals surface area contributed by atoms with Crippen LogP contribution in [0.1, 0.15) is 5.56 Å². The van der Waals surface area contributed by atoms with E-state index in [0.29, 0.717) is 5.69 Å². The summed E-state index contributed by atoms with van der Waals surface area (Å²) in [4.78, 5) is 0.102. The van der Waals surface area contributed by atoms with Crippen LogP contribution in [0.15, 0.2) is 64.2 Å². The van der Waals surface area contributed by atoms with Gasteiger partial charge in [0.2, 0.25) is 0 Å². The summed E-state index contributed by atoms with van der Waals surface area (Å²) in [6.07, 6.45) is 3.21. The van der Waals surface area contributed by atoms with Gasteiger partial charge in [0.1, 0.15) is 5.82 Å². The zero-order chi connectivity index (χ0) is 17.3. The molecule has 0 bridgehead atoms. The van der Waals surface area contributed by atoms with Crippen molar-refractivity contribution in [2.75, 3.05) is 4.72 Å². The van der Waals surface area contributed by atoms with Crippen molar-refractivity contribution in [1.29, 1.82) is 0 Å². The van der Waals surface area contributed by atoms with Crippen molar-refractivity contribution in [3.63, 3.8) is 0 Å². The first-order chi connectivity index (χ1) is 11.3. The van der Waals surface area contributed by atoms with E-state index in [2.05, 4.69) is 25.8 Å². The highest BCUT2D eigenvalue weighted by Crippen LogP contribution is 2.25. The molecule has 0 spiro atoms. The predicted octanol–water partition coefficient (Wildman–Crippen LogP) is 3.88. The first-order valence-corrected chi connectivity index (χ1v) is 9.22. The van der Waals surface area contributed by atoms with Gasteiger partial charge < -0.3 is 0 Å². The number of hydrogen-bond donors (Lipinski definition) is 1. The molecule has 3 rings (SSSR count). The zero-order valence-electron chi connectivity index (χ0n) is 12.6. The van der Waals surface area contributed by atoms with Crippen LogP contribution in [-0.4, -0.2) is 18.2 Å². The smallest absolute Gasteiger partial charge is 0.261 e. The summed E-state index contributed by atoms with van der Waals surface area (Å²) < 4.78 is 43.3. The summed E-state index contributed by atoms with van der Waals surface area (Å²) >= 11 is 3.28. The minimum Gasteiger partial charge on any atom is -0.277 e. The molecule has 1 aromatic heterocycles. The van der Waals surface area contributed by atoms with E-state index < -0.39 is 15.8 Å². The lowest BCUT2D eigenvalue weighted by Crippen LogP contribution is -2.15. The highest BCUT2D eigenvalue weighted by atomic mass is 79.9.